The highest BCUT2D eigenvalue weighted by Gasteiger charge is 1.97. The topological polar surface area (TPSA) is 41.6 Å². The van der Waals surface area contributed by atoms with Crippen LogP contribution in [-0.2, 0) is 0 Å². The van der Waals surface area contributed by atoms with Gasteiger partial charge in [0.25, 0.3) is 0 Å². The molecule has 0 aliphatic rings. The monoisotopic (exact) mass is 151 g/mol. The first-order valence-corrected chi connectivity index (χ1v) is 3.41. The lowest BCUT2D eigenvalue weighted by molar-refractivity contribution is 0.949. The number of thiocyanates is 1. The summed E-state index contributed by atoms with van der Waals surface area (Å²) >= 11 is 1.02. The normalized spacial score (nSPS) is 8.70. The quantitative estimate of drug-likeness (QED) is 0.475. The van der Waals surface area contributed by atoms with E-state index in [1.165, 1.54) is 0 Å². The Labute approximate surface area is 63.0 Å². The molecule has 0 atom stereocenters. The molecule has 1 aromatic heterocycles. The van der Waals surface area contributed by atoms with Crippen LogP contribution >= 0.6 is 11.8 Å². The summed E-state index contributed by atoms with van der Waals surface area (Å²) < 4.78 is 1.69. The number of hydrogen-bond donors (Lipinski definition) is 0. The van der Waals surface area contributed by atoms with Gasteiger partial charge in [-0.15, -0.1) is 0 Å². The van der Waals surface area contributed by atoms with E-state index in [2.05, 4.69) is 11.6 Å². The first-order chi connectivity index (χ1) is 4.88. The van der Waals surface area contributed by atoms with Gasteiger partial charge in [0, 0.05) is 30.4 Å². The van der Waals surface area contributed by atoms with Gasteiger partial charge in [0.1, 0.15) is 5.40 Å². The average Bonchev–Trinajstić information content (AvgIpc) is 2.36. The van der Waals surface area contributed by atoms with E-state index in [1.54, 1.807) is 23.2 Å². The van der Waals surface area contributed by atoms with Crippen LogP contribution < -0.4 is 0 Å². The van der Waals surface area contributed by atoms with Crippen LogP contribution in [0.4, 0.5) is 0 Å². The Morgan fingerprint density at radius 1 is 1.90 bits per heavy atom. The van der Waals surface area contributed by atoms with Crippen molar-refractivity contribution in [2.45, 2.75) is 5.16 Å². The minimum absolute atomic E-state index is 0.650. The van der Waals surface area contributed by atoms with Crippen molar-refractivity contribution < 1.29 is 0 Å². The highest BCUT2D eigenvalue weighted by atomic mass is 32.2. The Morgan fingerprint density at radius 3 is 3.30 bits per heavy atom. The number of imidazole rings is 1. The lowest BCUT2D eigenvalue weighted by Crippen LogP contribution is -1.83. The fourth-order valence-electron chi connectivity index (χ4n) is 0.558. The van der Waals surface area contributed by atoms with Gasteiger partial charge in [-0.2, -0.15) is 5.26 Å². The molecule has 0 aromatic carbocycles. The third-order valence-corrected chi connectivity index (χ3v) is 1.56. The molecule has 3 nitrogen and oxygen atoms in total. The maximum Gasteiger partial charge on any atom is 0.186 e. The van der Waals surface area contributed by atoms with Crippen molar-refractivity contribution in [3.8, 4) is 5.40 Å². The molecule has 0 aliphatic carbocycles. The van der Waals surface area contributed by atoms with E-state index < -0.39 is 0 Å². The molecule has 10 heavy (non-hydrogen) atoms. The van der Waals surface area contributed by atoms with E-state index in [1.807, 2.05) is 5.40 Å². The summed E-state index contributed by atoms with van der Waals surface area (Å²) in [6, 6.07) is 0. The summed E-state index contributed by atoms with van der Waals surface area (Å²) in [5.41, 5.74) is 0. The summed E-state index contributed by atoms with van der Waals surface area (Å²) in [6.45, 7) is 3.55. The number of aromatic nitrogens is 2. The van der Waals surface area contributed by atoms with Crippen LogP contribution in [0.5, 0.6) is 0 Å². The minimum atomic E-state index is 0.650. The zero-order chi connectivity index (χ0) is 7.40. The van der Waals surface area contributed by atoms with Crippen LogP contribution in [0, 0.1) is 10.7 Å². The SMILES string of the molecule is C=Cn1ccnc1SC#N. The predicted octanol–water partition coefficient (Wildman–Crippen LogP) is 1.56. The third kappa shape index (κ3) is 1.20. The summed E-state index contributed by atoms with van der Waals surface area (Å²) in [5, 5.41) is 10.9. The molecular formula is C6H5N3S. The Bertz CT molecular complexity index is 271. The molecule has 0 radical (unpaired) electrons. The van der Waals surface area contributed by atoms with E-state index >= 15 is 0 Å². The molecule has 0 saturated carbocycles. The van der Waals surface area contributed by atoms with Crippen molar-refractivity contribution in [3.63, 3.8) is 0 Å². The number of nitriles is 1. The van der Waals surface area contributed by atoms with Gasteiger partial charge in [0.15, 0.2) is 5.16 Å². The molecule has 50 valence electrons. The number of rotatable bonds is 2. The van der Waals surface area contributed by atoms with Crippen molar-refractivity contribution in [2.24, 2.45) is 0 Å². The molecule has 0 saturated heterocycles. The van der Waals surface area contributed by atoms with E-state index in [-0.39, 0.29) is 0 Å². The fraction of sp³-hybridized carbons (Fsp3) is 0. The molecule has 4 heteroatoms. The molecule has 1 heterocycles. The van der Waals surface area contributed by atoms with Gasteiger partial charge in [-0.3, -0.25) is 0 Å². The van der Waals surface area contributed by atoms with Gasteiger partial charge in [-0.25, -0.2) is 4.98 Å². The lowest BCUT2D eigenvalue weighted by atomic mass is 10.9. The smallest absolute Gasteiger partial charge is 0.186 e. The molecule has 0 N–H and O–H groups in total. The maximum absolute atomic E-state index is 8.28. The van der Waals surface area contributed by atoms with Gasteiger partial charge in [0.05, 0.1) is 0 Å². The Kier molecular flexibility index (Phi) is 2.13. The molecular weight excluding hydrogens is 146 g/mol. The van der Waals surface area contributed by atoms with Crippen molar-refractivity contribution >= 4 is 18.0 Å². The van der Waals surface area contributed by atoms with Crippen molar-refractivity contribution in [3.05, 3.63) is 19.0 Å². The first kappa shape index (κ1) is 6.90. The second-order valence-electron chi connectivity index (χ2n) is 1.49. The molecule has 0 spiro atoms. The fourth-order valence-corrected chi connectivity index (χ4v) is 0.994. The number of hydrogen-bond acceptors (Lipinski definition) is 3. The second-order valence-corrected chi connectivity index (χ2v) is 2.24. The average molecular weight is 151 g/mol. The van der Waals surface area contributed by atoms with E-state index in [4.69, 9.17) is 5.26 Å². The largest absolute Gasteiger partial charge is 0.301 e. The summed E-state index contributed by atoms with van der Waals surface area (Å²) in [7, 11) is 0. The second kappa shape index (κ2) is 3.08. The van der Waals surface area contributed by atoms with E-state index in [9.17, 15) is 0 Å². The van der Waals surface area contributed by atoms with E-state index in [0.29, 0.717) is 5.16 Å². The van der Waals surface area contributed by atoms with Crippen LogP contribution in [0.25, 0.3) is 6.20 Å². The first-order valence-electron chi connectivity index (χ1n) is 2.60. The summed E-state index contributed by atoms with van der Waals surface area (Å²) in [6.07, 6.45) is 4.97. The van der Waals surface area contributed by atoms with Crippen LogP contribution in [-0.4, -0.2) is 9.55 Å². The molecule has 0 aliphatic heterocycles. The van der Waals surface area contributed by atoms with Crippen LogP contribution in [0.2, 0.25) is 0 Å². The maximum atomic E-state index is 8.28. The number of nitrogens with zero attached hydrogens (tertiary/aromatic N) is 3. The molecule has 1 rings (SSSR count). The van der Waals surface area contributed by atoms with Crippen molar-refractivity contribution in [1.82, 2.24) is 9.55 Å². The van der Waals surface area contributed by atoms with Gasteiger partial charge >= 0.3 is 0 Å². The minimum Gasteiger partial charge on any atom is -0.301 e. The highest BCUT2D eigenvalue weighted by Crippen LogP contribution is 2.12. The van der Waals surface area contributed by atoms with E-state index in [0.717, 1.165) is 11.8 Å². The summed E-state index contributed by atoms with van der Waals surface area (Å²) in [5.74, 6) is 0. The highest BCUT2D eigenvalue weighted by molar-refractivity contribution is 8.03. The lowest BCUT2D eigenvalue weighted by Gasteiger charge is -1.92. The molecule has 0 unspecified atom stereocenters. The van der Waals surface area contributed by atoms with Crippen molar-refractivity contribution in [2.75, 3.05) is 0 Å². The Morgan fingerprint density at radius 2 is 2.70 bits per heavy atom. The van der Waals surface area contributed by atoms with Gasteiger partial charge in [-0.05, 0) is 0 Å². The third-order valence-electron chi connectivity index (χ3n) is 0.967. The number of thioether (sulfide) groups is 1. The zero-order valence-corrected chi connectivity index (χ0v) is 6.01. The van der Waals surface area contributed by atoms with Crippen LogP contribution in [0.1, 0.15) is 0 Å². The van der Waals surface area contributed by atoms with Gasteiger partial charge in [-0.1, -0.05) is 6.58 Å². The van der Waals surface area contributed by atoms with Crippen LogP contribution in [0.15, 0.2) is 24.1 Å². The zero-order valence-electron chi connectivity index (χ0n) is 5.19. The standard InChI is InChI=1S/C6H5N3S/c1-2-9-4-3-8-6(9)10-5-7/h2-4H,1H2. The Hall–Kier alpha value is -1.21. The van der Waals surface area contributed by atoms with Gasteiger partial charge < -0.3 is 4.57 Å². The van der Waals surface area contributed by atoms with Crippen LogP contribution in [0.3, 0.4) is 0 Å². The molecule has 0 bridgehead atoms. The Balaban J connectivity index is 2.92. The van der Waals surface area contributed by atoms with Crippen molar-refractivity contribution in [1.29, 1.82) is 5.26 Å². The summed E-state index contributed by atoms with van der Waals surface area (Å²) in [4.78, 5) is 3.91. The molecule has 1 aromatic rings. The molecule has 0 fully saturated rings. The predicted molar refractivity (Wildman–Crippen MR) is 40.1 cm³/mol. The molecule has 0 amide bonds. The van der Waals surface area contributed by atoms with Gasteiger partial charge in [0.2, 0.25) is 0 Å².